The Balaban J connectivity index is 2.21. The van der Waals surface area contributed by atoms with E-state index in [9.17, 15) is 0 Å². The van der Waals surface area contributed by atoms with Crippen LogP contribution >= 0.6 is 11.3 Å². The molecule has 0 saturated carbocycles. The monoisotopic (exact) mass is 215 g/mol. The molecular formula is C11H9N3S. The highest BCUT2D eigenvalue weighted by atomic mass is 32.1. The topological polar surface area (TPSA) is 41.6 Å². The molecule has 0 aliphatic rings. The number of benzene rings is 1. The van der Waals surface area contributed by atoms with Crippen LogP contribution in [0.1, 0.15) is 5.01 Å². The predicted molar refractivity (Wildman–Crippen MR) is 61.9 cm³/mol. The van der Waals surface area contributed by atoms with Gasteiger partial charge in [-0.1, -0.05) is 6.07 Å². The summed E-state index contributed by atoms with van der Waals surface area (Å²) in [6.07, 6.45) is 3.71. The fourth-order valence-corrected chi connectivity index (χ4v) is 2.44. The first-order valence-electron chi connectivity index (χ1n) is 4.69. The molecule has 0 spiro atoms. The van der Waals surface area contributed by atoms with E-state index >= 15 is 0 Å². The van der Waals surface area contributed by atoms with Crippen molar-refractivity contribution in [1.82, 2.24) is 15.2 Å². The summed E-state index contributed by atoms with van der Waals surface area (Å²) >= 11 is 1.72. The van der Waals surface area contributed by atoms with E-state index < -0.39 is 0 Å². The van der Waals surface area contributed by atoms with Crippen molar-refractivity contribution in [3.63, 3.8) is 0 Å². The van der Waals surface area contributed by atoms with Gasteiger partial charge >= 0.3 is 0 Å². The largest absolute Gasteiger partial charge is 0.285 e. The van der Waals surface area contributed by atoms with Gasteiger partial charge in [0.05, 0.1) is 21.4 Å². The molecule has 3 aromatic rings. The average Bonchev–Trinajstić information content (AvgIpc) is 2.82. The van der Waals surface area contributed by atoms with E-state index in [1.807, 2.05) is 19.3 Å². The van der Waals surface area contributed by atoms with Crippen LogP contribution < -0.4 is 0 Å². The van der Waals surface area contributed by atoms with E-state index in [2.05, 4.69) is 33.4 Å². The highest BCUT2D eigenvalue weighted by Crippen LogP contribution is 2.26. The zero-order valence-electron chi connectivity index (χ0n) is 8.19. The van der Waals surface area contributed by atoms with Gasteiger partial charge in [0, 0.05) is 11.8 Å². The van der Waals surface area contributed by atoms with Crippen LogP contribution in [0.2, 0.25) is 0 Å². The molecule has 74 valence electrons. The van der Waals surface area contributed by atoms with Crippen molar-refractivity contribution in [3.8, 4) is 11.1 Å². The van der Waals surface area contributed by atoms with Gasteiger partial charge in [-0.2, -0.15) is 5.10 Å². The van der Waals surface area contributed by atoms with Gasteiger partial charge in [0.25, 0.3) is 0 Å². The third-order valence-electron chi connectivity index (χ3n) is 2.33. The maximum Gasteiger partial charge on any atom is 0.0907 e. The Bertz CT molecular complexity index is 595. The first kappa shape index (κ1) is 8.61. The van der Waals surface area contributed by atoms with Gasteiger partial charge in [0.1, 0.15) is 0 Å². The number of hydrogen-bond donors (Lipinski definition) is 1. The molecule has 0 fully saturated rings. The Morgan fingerprint density at radius 3 is 3.00 bits per heavy atom. The fourth-order valence-electron chi connectivity index (χ4n) is 1.63. The molecule has 3 rings (SSSR count). The molecule has 0 amide bonds. The van der Waals surface area contributed by atoms with Gasteiger partial charge in [0.15, 0.2) is 0 Å². The molecule has 1 aromatic carbocycles. The lowest BCUT2D eigenvalue weighted by molar-refractivity contribution is 1.09. The second kappa shape index (κ2) is 3.17. The zero-order valence-corrected chi connectivity index (χ0v) is 9.01. The molecule has 0 bridgehead atoms. The Hall–Kier alpha value is -1.68. The third-order valence-corrected chi connectivity index (χ3v) is 3.28. The lowest BCUT2D eigenvalue weighted by Gasteiger charge is -1.95. The molecule has 15 heavy (non-hydrogen) atoms. The van der Waals surface area contributed by atoms with E-state index in [1.54, 1.807) is 11.3 Å². The maximum absolute atomic E-state index is 4.47. The SMILES string of the molecule is Cc1nc2cc(-c3cn[nH]c3)ccc2s1. The molecule has 0 unspecified atom stereocenters. The molecule has 4 heteroatoms. The lowest BCUT2D eigenvalue weighted by Crippen LogP contribution is -1.74. The minimum atomic E-state index is 1.07. The van der Waals surface area contributed by atoms with Crippen molar-refractivity contribution in [2.24, 2.45) is 0 Å². The standard InChI is InChI=1S/C11H9N3S/c1-7-14-10-4-8(2-3-11(10)15-7)9-5-12-13-6-9/h2-6H,1H3,(H,12,13). The minimum Gasteiger partial charge on any atom is -0.285 e. The van der Waals surface area contributed by atoms with Crippen LogP contribution in [0.3, 0.4) is 0 Å². The number of fused-ring (bicyclic) bond motifs is 1. The van der Waals surface area contributed by atoms with E-state index in [4.69, 9.17) is 0 Å². The summed E-state index contributed by atoms with van der Waals surface area (Å²) in [5.41, 5.74) is 3.32. The number of aryl methyl sites for hydroxylation is 1. The van der Waals surface area contributed by atoms with E-state index in [-0.39, 0.29) is 0 Å². The molecule has 2 aromatic heterocycles. The van der Waals surface area contributed by atoms with Gasteiger partial charge in [0.2, 0.25) is 0 Å². The number of nitrogens with zero attached hydrogens (tertiary/aromatic N) is 2. The van der Waals surface area contributed by atoms with E-state index in [0.29, 0.717) is 0 Å². The summed E-state index contributed by atoms with van der Waals surface area (Å²) in [6, 6.07) is 6.32. The molecule has 0 atom stereocenters. The normalized spacial score (nSPS) is 11.0. The highest BCUT2D eigenvalue weighted by molar-refractivity contribution is 7.18. The molecule has 1 N–H and O–H groups in total. The van der Waals surface area contributed by atoms with E-state index in [0.717, 1.165) is 21.7 Å². The zero-order chi connectivity index (χ0) is 10.3. The quantitative estimate of drug-likeness (QED) is 0.678. The van der Waals surface area contributed by atoms with Crippen molar-refractivity contribution in [2.45, 2.75) is 6.92 Å². The summed E-state index contributed by atoms with van der Waals surface area (Å²) in [5, 5.41) is 7.86. The number of hydrogen-bond acceptors (Lipinski definition) is 3. The molecular weight excluding hydrogens is 206 g/mol. The van der Waals surface area contributed by atoms with Crippen LogP contribution in [0.15, 0.2) is 30.6 Å². The van der Waals surface area contributed by atoms with Gasteiger partial charge in [-0.25, -0.2) is 4.98 Å². The maximum atomic E-state index is 4.47. The van der Waals surface area contributed by atoms with E-state index in [1.165, 1.54) is 4.70 Å². The molecule has 0 aliphatic carbocycles. The number of H-pyrrole nitrogens is 1. The third kappa shape index (κ3) is 1.43. The van der Waals surface area contributed by atoms with Gasteiger partial charge in [-0.15, -0.1) is 11.3 Å². The van der Waals surface area contributed by atoms with Gasteiger partial charge in [-0.05, 0) is 24.6 Å². The number of nitrogens with one attached hydrogen (secondary N) is 1. The predicted octanol–water partition coefficient (Wildman–Crippen LogP) is 2.99. The second-order valence-electron chi connectivity index (χ2n) is 3.40. The van der Waals surface area contributed by atoms with Crippen LogP contribution in [-0.4, -0.2) is 15.2 Å². The lowest BCUT2D eigenvalue weighted by atomic mass is 10.1. The summed E-state index contributed by atoms with van der Waals surface area (Å²) in [5.74, 6) is 0. The first-order chi connectivity index (χ1) is 7.33. The molecule has 3 nitrogen and oxygen atoms in total. The highest BCUT2D eigenvalue weighted by Gasteiger charge is 2.03. The van der Waals surface area contributed by atoms with Crippen molar-refractivity contribution in [2.75, 3.05) is 0 Å². The van der Waals surface area contributed by atoms with Crippen molar-refractivity contribution in [3.05, 3.63) is 35.6 Å². The van der Waals surface area contributed by atoms with Crippen LogP contribution in [0.4, 0.5) is 0 Å². The van der Waals surface area contributed by atoms with Gasteiger partial charge < -0.3 is 0 Å². The summed E-state index contributed by atoms with van der Waals surface area (Å²) in [6.45, 7) is 2.03. The Labute approximate surface area is 90.8 Å². The number of thiazole rings is 1. The summed E-state index contributed by atoms with van der Waals surface area (Å²) < 4.78 is 1.24. The second-order valence-corrected chi connectivity index (χ2v) is 4.64. The Morgan fingerprint density at radius 2 is 2.20 bits per heavy atom. The van der Waals surface area contributed by atoms with Crippen molar-refractivity contribution in [1.29, 1.82) is 0 Å². The van der Waals surface area contributed by atoms with Crippen LogP contribution in [-0.2, 0) is 0 Å². The summed E-state index contributed by atoms with van der Waals surface area (Å²) in [4.78, 5) is 4.47. The molecule has 0 aliphatic heterocycles. The number of aromatic nitrogens is 3. The number of aromatic amines is 1. The van der Waals surface area contributed by atoms with Crippen LogP contribution in [0, 0.1) is 6.92 Å². The smallest absolute Gasteiger partial charge is 0.0907 e. The van der Waals surface area contributed by atoms with Crippen LogP contribution in [0.25, 0.3) is 21.3 Å². The fraction of sp³-hybridized carbons (Fsp3) is 0.0909. The summed E-state index contributed by atoms with van der Waals surface area (Å²) in [7, 11) is 0. The molecule has 0 saturated heterocycles. The van der Waals surface area contributed by atoms with Gasteiger partial charge in [-0.3, -0.25) is 5.10 Å². The average molecular weight is 215 g/mol. The first-order valence-corrected chi connectivity index (χ1v) is 5.51. The molecule has 0 radical (unpaired) electrons. The van der Waals surface area contributed by atoms with Crippen LogP contribution in [0.5, 0.6) is 0 Å². The van der Waals surface area contributed by atoms with Crippen molar-refractivity contribution < 1.29 is 0 Å². The Kier molecular flexibility index (Phi) is 1.82. The Morgan fingerprint density at radius 1 is 1.27 bits per heavy atom. The van der Waals surface area contributed by atoms with Crippen molar-refractivity contribution >= 4 is 21.6 Å². The molecule has 2 heterocycles. The number of rotatable bonds is 1. The minimum absolute atomic E-state index is 1.07.